The maximum absolute atomic E-state index is 13.2. The Morgan fingerprint density at radius 2 is 1.86 bits per heavy atom. The fraction of sp³-hybridized carbons (Fsp3) is 0.407. The summed E-state index contributed by atoms with van der Waals surface area (Å²) >= 11 is 0. The lowest BCUT2D eigenvalue weighted by atomic mass is 10.0. The zero-order chi connectivity index (χ0) is 25.7. The van der Waals surface area contributed by atoms with Crippen LogP contribution in [-0.2, 0) is 21.3 Å². The van der Waals surface area contributed by atoms with Crippen LogP contribution in [0.1, 0.15) is 24.8 Å². The lowest BCUT2D eigenvalue weighted by molar-refractivity contribution is 0.135. The van der Waals surface area contributed by atoms with Crippen LogP contribution in [0, 0.1) is 0 Å². The van der Waals surface area contributed by atoms with Gasteiger partial charge in [0.25, 0.3) is 5.88 Å². The molecule has 1 aromatic carbocycles. The SMILES string of the molecule is COc1ccc(N(Cc2cccnc2)C2CCN(S(=O)(=O)c3ccccc3)CC2)nc1O[C@@H]1CCOC1. The number of rotatable bonds is 9. The summed E-state index contributed by atoms with van der Waals surface area (Å²) in [5, 5.41) is 0. The third-order valence-corrected chi connectivity index (χ3v) is 8.72. The molecular formula is C27H32N4O5S. The lowest BCUT2D eigenvalue weighted by Gasteiger charge is -2.39. The third kappa shape index (κ3) is 5.87. The topological polar surface area (TPSA) is 94.1 Å². The Kier molecular flexibility index (Phi) is 7.87. The summed E-state index contributed by atoms with van der Waals surface area (Å²) < 4.78 is 45.0. The summed E-state index contributed by atoms with van der Waals surface area (Å²) in [7, 11) is -1.92. The molecule has 5 rings (SSSR count). The van der Waals surface area contributed by atoms with Crippen LogP contribution in [0.4, 0.5) is 5.82 Å². The van der Waals surface area contributed by atoms with Crippen LogP contribution in [0.15, 0.2) is 71.9 Å². The number of anilines is 1. The summed E-state index contributed by atoms with van der Waals surface area (Å²) in [5.74, 6) is 1.76. The zero-order valence-corrected chi connectivity index (χ0v) is 21.7. The van der Waals surface area contributed by atoms with E-state index in [1.54, 1.807) is 41.9 Å². The molecule has 37 heavy (non-hydrogen) atoms. The fourth-order valence-electron chi connectivity index (χ4n) is 4.80. The number of sulfonamides is 1. The highest BCUT2D eigenvalue weighted by Gasteiger charge is 2.33. The Morgan fingerprint density at radius 3 is 2.54 bits per heavy atom. The van der Waals surface area contributed by atoms with Crippen molar-refractivity contribution in [2.24, 2.45) is 0 Å². The van der Waals surface area contributed by atoms with Crippen molar-refractivity contribution < 1.29 is 22.6 Å². The molecule has 0 amide bonds. The molecule has 0 aliphatic carbocycles. The number of methoxy groups -OCH3 is 1. The number of hydrogen-bond acceptors (Lipinski definition) is 8. The Labute approximate surface area is 218 Å². The molecule has 2 aliphatic heterocycles. The molecule has 0 spiro atoms. The molecule has 0 radical (unpaired) electrons. The second kappa shape index (κ2) is 11.5. The molecule has 1 atom stereocenters. The molecule has 0 bridgehead atoms. The van der Waals surface area contributed by atoms with Crippen LogP contribution in [0.2, 0.25) is 0 Å². The van der Waals surface area contributed by atoms with Gasteiger partial charge in [-0.25, -0.2) is 8.42 Å². The van der Waals surface area contributed by atoms with E-state index in [-0.39, 0.29) is 12.1 Å². The molecule has 0 saturated carbocycles. The van der Waals surface area contributed by atoms with Gasteiger partial charge >= 0.3 is 0 Å². The largest absolute Gasteiger partial charge is 0.491 e. The first kappa shape index (κ1) is 25.4. The second-order valence-electron chi connectivity index (χ2n) is 9.22. The van der Waals surface area contributed by atoms with Crippen molar-refractivity contribution in [2.75, 3.05) is 38.3 Å². The van der Waals surface area contributed by atoms with Gasteiger partial charge in [0.2, 0.25) is 10.0 Å². The van der Waals surface area contributed by atoms with Gasteiger partial charge in [-0.2, -0.15) is 9.29 Å². The molecule has 4 heterocycles. The van der Waals surface area contributed by atoms with E-state index in [0.717, 1.165) is 17.8 Å². The average molecular weight is 525 g/mol. The van der Waals surface area contributed by atoms with E-state index in [1.165, 1.54) is 0 Å². The highest BCUT2D eigenvalue weighted by atomic mass is 32.2. The van der Waals surface area contributed by atoms with Crippen molar-refractivity contribution in [3.8, 4) is 11.6 Å². The van der Waals surface area contributed by atoms with Crippen LogP contribution in [0.3, 0.4) is 0 Å². The van der Waals surface area contributed by atoms with Gasteiger partial charge in [0.15, 0.2) is 5.75 Å². The van der Waals surface area contributed by atoms with E-state index in [1.807, 2.05) is 36.5 Å². The molecule has 3 aromatic rings. The Bertz CT molecular complexity index is 1260. The van der Waals surface area contributed by atoms with Crippen LogP contribution < -0.4 is 14.4 Å². The lowest BCUT2D eigenvalue weighted by Crippen LogP contribution is -2.47. The minimum atomic E-state index is -3.52. The highest BCUT2D eigenvalue weighted by molar-refractivity contribution is 7.89. The highest BCUT2D eigenvalue weighted by Crippen LogP contribution is 2.33. The minimum absolute atomic E-state index is 0.0603. The number of nitrogens with zero attached hydrogens (tertiary/aromatic N) is 4. The fourth-order valence-corrected chi connectivity index (χ4v) is 6.29. The van der Waals surface area contributed by atoms with Crippen molar-refractivity contribution in [1.82, 2.24) is 14.3 Å². The van der Waals surface area contributed by atoms with E-state index < -0.39 is 10.0 Å². The predicted octanol–water partition coefficient (Wildman–Crippen LogP) is 3.51. The second-order valence-corrected chi connectivity index (χ2v) is 11.2. The van der Waals surface area contributed by atoms with Crippen molar-refractivity contribution in [1.29, 1.82) is 0 Å². The van der Waals surface area contributed by atoms with Crippen molar-refractivity contribution in [3.63, 3.8) is 0 Å². The van der Waals surface area contributed by atoms with E-state index in [4.69, 9.17) is 19.2 Å². The maximum atomic E-state index is 13.2. The molecule has 10 heteroatoms. The first-order valence-electron chi connectivity index (χ1n) is 12.5. The molecule has 2 aromatic heterocycles. The number of piperidine rings is 1. The van der Waals surface area contributed by atoms with Crippen molar-refractivity contribution in [2.45, 2.75) is 42.8 Å². The standard InChI is InChI=1S/C27H32N4O5S/c1-34-25-9-10-26(29-27(25)36-23-13-17-35-20-23)31(19-21-6-5-14-28-18-21)22-11-15-30(16-12-22)37(32,33)24-7-3-2-4-8-24/h2-10,14,18,22-23H,11-13,15-17,19-20H2,1H3/t23-/m1/s1. The molecule has 9 nitrogen and oxygen atoms in total. The summed E-state index contributed by atoms with van der Waals surface area (Å²) in [4.78, 5) is 11.7. The number of aromatic nitrogens is 2. The normalized spacial score (nSPS) is 19.0. The summed E-state index contributed by atoms with van der Waals surface area (Å²) in [6, 6.07) is 16.5. The summed E-state index contributed by atoms with van der Waals surface area (Å²) in [6.45, 7) is 2.66. The van der Waals surface area contributed by atoms with Crippen LogP contribution >= 0.6 is 0 Å². The van der Waals surface area contributed by atoms with Gasteiger partial charge in [-0.05, 0) is 48.7 Å². The molecule has 2 fully saturated rings. The molecule has 0 N–H and O–H groups in total. The van der Waals surface area contributed by atoms with E-state index in [2.05, 4.69) is 9.88 Å². The van der Waals surface area contributed by atoms with E-state index >= 15 is 0 Å². The van der Waals surface area contributed by atoms with Crippen LogP contribution in [0.5, 0.6) is 11.6 Å². The number of hydrogen-bond donors (Lipinski definition) is 0. The summed E-state index contributed by atoms with van der Waals surface area (Å²) in [5.41, 5.74) is 1.05. The van der Waals surface area contributed by atoms with Gasteiger partial charge < -0.3 is 19.1 Å². The monoisotopic (exact) mass is 524 g/mol. The first-order chi connectivity index (χ1) is 18.0. The number of benzene rings is 1. The quantitative estimate of drug-likeness (QED) is 0.420. The van der Waals surface area contributed by atoms with Crippen LogP contribution in [0.25, 0.3) is 0 Å². The molecular weight excluding hydrogens is 492 g/mol. The van der Waals surface area contributed by atoms with E-state index in [9.17, 15) is 8.42 Å². The predicted molar refractivity (Wildman–Crippen MR) is 139 cm³/mol. The molecule has 2 aliphatic rings. The number of pyridine rings is 2. The van der Waals surface area contributed by atoms with Crippen molar-refractivity contribution in [3.05, 3.63) is 72.6 Å². The van der Waals surface area contributed by atoms with Gasteiger partial charge in [-0.15, -0.1) is 0 Å². The minimum Gasteiger partial charge on any atom is -0.491 e. The molecule has 2 saturated heterocycles. The van der Waals surface area contributed by atoms with Crippen molar-refractivity contribution >= 4 is 15.8 Å². The van der Waals surface area contributed by atoms with Gasteiger partial charge in [0.05, 0.1) is 25.2 Å². The summed E-state index contributed by atoms with van der Waals surface area (Å²) in [6.07, 6.45) is 5.69. The van der Waals surface area contributed by atoms with Gasteiger partial charge in [-0.3, -0.25) is 4.98 Å². The number of ether oxygens (including phenoxy) is 3. The van der Waals surface area contributed by atoms with E-state index in [0.29, 0.717) is 62.2 Å². The average Bonchev–Trinajstić information content (AvgIpc) is 3.46. The van der Waals surface area contributed by atoms with Gasteiger partial charge in [-0.1, -0.05) is 24.3 Å². The Morgan fingerprint density at radius 1 is 1.05 bits per heavy atom. The van der Waals surface area contributed by atoms with Gasteiger partial charge in [0, 0.05) is 44.5 Å². The first-order valence-corrected chi connectivity index (χ1v) is 14.0. The Balaban J connectivity index is 1.39. The van der Waals surface area contributed by atoms with Crippen LogP contribution in [-0.4, -0.2) is 68.2 Å². The third-order valence-electron chi connectivity index (χ3n) is 6.81. The van der Waals surface area contributed by atoms with Gasteiger partial charge in [0.1, 0.15) is 11.9 Å². The maximum Gasteiger partial charge on any atom is 0.259 e. The smallest absolute Gasteiger partial charge is 0.259 e. The molecule has 196 valence electrons. The zero-order valence-electron chi connectivity index (χ0n) is 20.9. The molecule has 0 unspecified atom stereocenters. The Hall–Kier alpha value is -3.21.